The molecule has 5 heteroatoms. The molecule has 1 heterocycles. The Morgan fingerprint density at radius 3 is 2.94 bits per heavy atom. The van der Waals surface area contributed by atoms with Gasteiger partial charge in [-0.3, -0.25) is 4.57 Å². The van der Waals surface area contributed by atoms with Gasteiger partial charge in [0.1, 0.15) is 5.82 Å². The van der Waals surface area contributed by atoms with E-state index >= 15 is 0 Å². The van der Waals surface area contributed by atoms with Crippen molar-refractivity contribution in [2.24, 2.45) is 0 Å². The van der Waals surface area contributed by atoms with Crippen LogP contribution in [0, 0.1) is 12.7 Å². The molecular weight excluding hydrogens is 241 g/mol. The molecule has 17 heavy (non-hydrogen) atoms. The number of hydrogen-bond acceptors (Lipinski definition) is 2. The average Bonchev–Trinajstić information content (AvgIpc) is 2.64. The van der Waals surface area contributed by atoms with Crippen molar-refractivity contribution < 1.29 is 4.39 Å². The molecule has 2 rings (SSSR count). The molecule has 0 bridgehead atoms. The highest BCUT2D eigenvalue weighted by Gasteiger charge is 2.10. The monoisotopic (exact) mass is 253 g/mol. The molecule has 0 saturated heterocycles. The SMILES string of the molecule is CCNc1nc(C)cn1-c1cc(F)ccc1Cl. The van der Waals surface area contributed by atoms with E-state index in [0.717, 1.165) is 12.2 Å². The fourth-order valence-corrected chi connectivity index (χ4v) is 1.84. The number of anilines is 1. The first-order valence-electron chi connectivity index (χ1n) is 5.37. The first kappa shape index (κ1) is 11.9. The molecule has 0 unspecified atom stereocenters. The van der Waals surface area contributed by atoms with Crippen LogP contribution in [0.5, 0.6) is 0 Å². The number of aryl methyl sites for hydroxylation is 1. The predicted octanol–water partition coefficient (Wildman–Crippen LogP) is 3.41. The number of hydrogen-bond donors (Lipinski definition) is 1. The molecule has 0 atom stereocenters. The highest BCUT2D eigenvalue weighted by Crippen LogP contribution is 2.25. The highest BCUT2D eigenvalue weighted by molar-refractivity contribution is 6.32. The van der Waals surface area contributed by atoms with E-state index in [1.165, 1.54) is 18.2 Å². The lowest BCUT2D eigenvalue weighted by atomic mass is 10.3. The van der Waals surface area contributed by atoms with E-state index < -0.39 is 0 Å². The van der Waals surface area contributed by atoms with Crippen LogP contribution >= 0.6 is 11.6 Å². The van der Waals surface area contributed by atoms with Crippen molar-refractivity contribution in [1.29, 1.82) is 0 Å². The molecule has 2 aromatic rings. The minimum atomic E-state index is -0.321. The summed E-state index contributed by atoms with van der Waals surface area (Å²) >= 11 is 6.07. The van der Waals surface area contributed by atoms with Crippen LogP contribution in [0.2, 0.25) is 5.02 Å². The topological polar surface area (TPSA) is 29.9 Å². The molecule has 0 aliphatic rings. The van der Waals surface area contributed by atoms with Crippen LogP contribution in [-0.4, -0.2) is 16.1 Å². The van der Waals surface area contributed by atoms with Crippen LogP contribution in [0.25, 0.3) is 5.69 Å². The first-order valence-corrected chi connectivity index (χ1v) is 5.75. The van der Waals surface area contributed by atoms with E-state index in [0.29, 0.717) is 16.7 Å². The van der Waals surface area contributed by atoms with E-state index in [9.17, 15) is 4.39 Å². The van der Waals surface area contributed by atoms with Gasteiger partial charge in [-0.1, -0.05) is 11.6 Å². The number of nitrogens with zero attached hydrogens (tertiary/aromatic N) is 2. The minimum absolute atomic E-state index is 0.321. The number of halogens is 2. The maximum Gasteiger partial charge on any atom is 0.207 e. The summed E-state index contributed by atoms with van der Waals surface area (Å²) in [7, 11) is 0. The molecular formula is C12H13ClFN3. The number of benzene rings is 1. The Labute approximate surface area is 104 Å². The van der Waals surface area contributed by atoms with Crippen molar-refractivity contribution in [1.82, 2.24) is 9.55 Å². The lowest BCUT2D eigenvalue weighted by Gasteiger charge is -2.10. The van der Waals surface area contributed by atoms with E-state index in [4.69, 9.17) is 11.6 Å². The minimum Gasteiger partial charge on any atom is -0.356 e. The molecule has 0 radical (unpaired) electrons. The predicted molar refractivity (Wildman–Crippen MR) is 67.4 cm³/mol. The summed E-state index contributed by atoms with van der Waals surface area (Å²) in [5.41, 5.74) is 1.43. The summed E-state index contributed by atoms with van der Waals surface area (Å²) in [6, 6.07) is 4.27. The van der Waals surface area contributed by atoms with Gasteiger partial charge in [0.2, 0.25) is 5.95 Å². The summed E-state index contributed by atoms with van der Waals surface area (Å²) in [4.78, 5) is 4.32. The van der Waals surface area contributed by atoms with E-state index in [1.807, 2.05) is 20.0 Å². The van der Waals surface area contributed by atoms with Crippen LogP contribution in [-0.2, 0) is 0 Å². The van der Waals surface area contributed by atoms with Gasteiger partial charge in [-0.15, -0.1) is 0 Å². The molecule has 90 valence electrons. The first-order chi connectivity index (χ1) is 8.11. The Morgan fingerprint density at radius 2 is 2.24 bits per heavy atom. The van der Waals surface area contributed by atoms with Crippen molar-refractivity contribution in [2.75, 3.05) is 11.9 Å². The third-order valence-corrected chi connectivity index (χ3v) is 2.65. The standard InChI is InChI=1S/C12H13ClFN3/c1-3-15-12-16-8(2)7-17(12)11-6-9(14)4-5-10(11)13/h4-7H,3H2,1-2H3,(H,15,16). The van der Waals surface area contributed by atoms with Gasteiger partial charge in [0.15, 0.2) is 0 Å². The molecule has 1 aromatic carbocycles. The average molecular weight is 254 g/mol. The van der Waals surface area contributed by atoms with E-state index in [2.05, 4.69) is 10.3 Å². The molecule has 1 aromatic heterocycles. The van der Waals surface area contributed by atoms with Crippen molar-refractivity contribution >= 4 is 17.5 Å². The van der Waals surface area contributed by atoms with Gasteiger partial charge < -0.3 is 5.32 Å². The fourth-order valence-electron chi connectivity index (χ4n) is 1.63. The quantitative estimate of drug-likeness (QED) is 0.909. The smallest absolute Gasteiger partial charge is 0.207 e. The lowest BCUT2D eigenvalue weighted by molar-refractivity contribution is 0.626. The largest absolute Gasteiger partial charge is 0.356 e. The van der Waals surface area contributed by atoms with Gasteiger partial charge in [-0.25, -0.2) is 9.37 Å². The summed E-state index contributed by atoms with van der Waals surface area (Å²) < 4.78 is 15.0. The molecule has 0 amide bonds. The Morgan fingerprint density at radius 1 is 1.47 bits per heavy atom. The Hall–Kier alpha value is -1.55. The van der Waals surface area contributed by atoms with Crippen LogP contribution < -0.4 is 5.32 Å². The van der Waals surface area contributed by atoms with Crippen molar-refractivity contribution in [3.63, 3.8) is 0 Å². The Kier molecular flexibility index (Phi) is 3.33. The molecule has 0 aliphatic heterocycles. The van der Waals surface area contributed by atoms with Crippen LogP contribution in [0.15, 0.2) is 24.4 Å². The zero-order valence-electron chi connectivity index (χ0n) is 9.67. The highest BCUT2D eigenvalue weighted by atomic mass is 35.5. The zero-order valence-corrected chi connectivity index (χ0v) is 10.4. The van der Waals surface area contributed by atoms with E-state index in [1.54, 1.807) is 4.57 Å². The summed E-state index contributed by atoms with van der Waals surface area (Å²) in [6.07, 6.45) is 1.82. The van der Waals surface area contributed by atoms with Gasteiger partial charge in [-0.2, -0.15) is 0 Å². The second-order valence-electron chi connectivity index (χ2n) is 3.70. The number of imidazole rings is 1. The molecule has 3 nitrogen and oxygen atoms in total. The maximum atomic E-state index is 13.2. The molecule has 0 fully saturated rings. The Bertz CT molecular complexity index is 537. The van der Waals surface area contributed by atoms with Gasteiger partial charge in [0, 0.05) is 12.7 Å². The molecule has 0 saturated carbocycles. The summed E-state index contributed by atoms with van der Waals surface area (Å²) in [6.45, 7) is 4.59. The second-order valence-corrected chi connectivity index (χ2v) is 4.11. The number of rotatable bonds is 3. The Balaban J connectivity index is 2.55. The number of aromatic nitrogens is 2. The van der Waals surface area contributed by atoms with Crippen molar-refractivity contribution in [3.05, 3.63) is 40.9 Å². The fraction of sp³-hybridized carbons (Fsp3) is 0.250. The lowest BCUT2D eigenvalue weighted by Crippen LogP contribution is -2.05. The summed E-state index contributed by atoms with van der Waals surface area (Å²) in [5.74, 6) is 0.343. The number of nitrogens with one attached hydrogen (secondary N) is 1. The molecule has 0 aliphatic carbocycles. The van der Waals surface area contributed by atoms with Crippen molar-refractivity contribution in [2.45, 2.75) is 13.8 Å². The van der Waals surface area contributed by atoms with Crippen LogP contribution in [0.1, 0.15) is 12.6 Å². The normalized spacial score (nSPS) is 10.6. The third-order valence-electron chi connectivity index (χ3n) is 2.33. The molecule has 1 N–H and O–H groups in total. The second kappa shape index (κ2) is 4.75. The van der Waals surface area contributed by atoms with Gasteiger partial charge in [0.05, 0.1) is 16.4 Å². The zero-order chi connectivity index (χ0) is 12.4. The van der Waals surface area contributed by atoms with Gasteiger partial charge in [0.25, 0.3) is 0 Å². The van der Waals surface area contributed by atoms with Crippen LogP contribution in [0.4, 0.5) is 10.3 Å². The van der Waals surface area contributed by atoms with Gasteiger partial charge in [-0.05, 0) is 32.0 Å². The van der Waals surface area contributed by atoms with Crippen LogP contribution in [0.3, 0.4) is 0 Å². The summed E-state index contributed by atoms with van der Waals surface area (Å²) in [5, 5.41) is 3.60. The molecule has 0 spiro atoms. The third kappa shape index (κ3) is 2.42. The van der Waals surface area contributed by atoms with E-state index in [-0.39, 0.29) is 5.82 Å². The maximum absolute atomic E-state index is 13.2. The van der Waals surface area contributed by atoms with Crippen molar-refractivity contribution in [3.8, 4) is 5.69 Å². The van der Waals surface area contributed by atoms with Gasteiger partial charge >= 0.3 is 0 Å².